The normalized spacial score (nSPS) is 20.8. The van der Waals surface area contributed by atoms with E-state index in [9.17, 15) is 13.2 Å². The molecule has 18 heavy (non-hydrogen) atoms. The van der Waals surface area contributed by atoms with Gasteiger partial charge in [-0.1, -0.05) is 0 Å². The van der Waals surface area contributed by atoms with Crippen LogP contribution in [0.5, 0.6) is 0 Å². The van der Waals surface area contributed by atoms with Crippen LogP contribution in [-0.4, -0.2) is 26.1 Å². The molecule has 1 aliphatic rings. The quantitative estimate of drug-likeness (QED) is 0.794. The summed E-state index contributed by atoms with van der Waals surface area (Å²) in [5.41, 5.74) is 6.46. The van der Waals surface area contributed by atoms with Crippen molar-refractivity contribution in [2.75, 3.05) is 11.5 Å². The molecule has 0 fully saturated rings. The van der Waals surface area contributed by atoms with Gasteiger partial charge in [-0.25, -0.2) is 8.42 Å². The first-order chi connectivity index (χ1) is 8.37. The highest BCUT2D eigenvalue weighted by molar-refractivity contribution is 9.10. The van der Waals surface area contributed by atoms with Crippen LogP contribution in [0.25, 0.3) is 0 Å². The molecule has 1 aromatic carbocycles. The average molecular weight is 331 g/mol. The summed E-state index contributed by atoms with van der Waals surface area (Å²) >= 11 is 3.25. The zero-order valence-electron chi connectivity index (χ0n) is 9.26. The van der Waals surface area contributed by atoms with Crippen molar-refractivity contribution in [2.24, 2.45) is 0 Å². The van der Waals surface area contributed by atoms with Gasteiger partial charge in [0.15, 0.2) is 9.84 Å². The second kappa shape index (κ2) is 4.74. The van der Waals surface area contributed by atoms with E-state index in [4.69, 9.17) is 5.73 Å². The summed E-state index contributed by atoms with van der Waals surface area (Å²) in [6.07, 6.45) is 1.47. The predicted molar refractivity (Wildman–Crippen MR) is 72.7 cm³/mol. The molecule has 2 rings (SSSR count). The van der Waals surface area contributed by atoms with E-state index in [1.807, 2.05) is 0 Å². The monoisotopic (exact) mass is 330 g/mol. The summed E-state index contributed by atoms with van der Waals surface area (Å²) < 4.78 is 23.0. The van der Waals surface area contributed by atoms with Crippen molar-refractivity contribution < 1.29 is 13.2 Å². The minimum Gasteiger partial charge on any atom is -0.399 e. The molecule has 96 valence electrons. The lowest BCUT2D eigenvalue weighted by Gasteiger charge is -2.11. The van der Waals surface area contributed by atoms with Crippen LogP contribution in [0.1, 0.15) is 10.4 Å². The van der Waals surface area contributed by atoms with E-state index >= 15 is 0 Å². The van der Waals surface area contributed by atoms with Crippen LogP contribution in [0.2, 0.25) is 0 Å². The third-order valence-corrected chi connectivity index (χ3v) is 4.57. The van der Waals surface area contributed by atoms with Gasteiger partial charge < -0.3 is 11.1 Å². The highest BCUT2D eigenvalue weighted by Gasteiger charge is 2.24. The van der Waals surface area contributed by atoms with Crippen molar-refractivity contribution in [2.45, 2.75) is 6.04 Å². The van der Waals surface area contributed by atoms with Crippen LogP contribution in [-0.2, 0) is 9.84 Å². The lowest BCUT2D eigenvalue weighted by Crippen LogP contribution is -2.35. The maximum atomic E-state index is 12.0. The van der Waals surface area contributed by atoms with Crippen LogP contribution < -0.4 is 11.1 Å². The van der Waals surface area contributed by atoms with Gasteiger partial charge in [-0.3, -0.25) is 4.79 Å². The van der Waals surface area contributed by atoms with Gasteiger partial charge in [0.2, 0.25) is 0 Å². The fourth-order valence-electron chi connectivity index (χ4n) is 1.63. The zero-order valence-corrected chi connectivity index (χ0v) is 11.7. The molecule has 0 radical (unpaired) electrons. The van der Waals surface area contributed by atoms with Crippen molar-refractivity contribution in [3.63, 3.8) is 0 Å². The van der Waals surface area contributed by atoms with Crippen LogP contribution in [0, 0.1) is 0 Å². The molecule has 5 nitrogen and oxygen atoms in total. The summed E-state index contributed by atoms with van der Waals surface area (Å²) in [6, 6.07) is 4.38. The summed E-state index contributed by atoms with van der Waals surface area (Å²) in [7, 11) is -3.17. The fraction of sp³-hybridized carbons (Fsp3) is 0.182. The first-order valence-corrected chi connectivity index (χ1v) is 7.65. The lowest BCUT2D eigenvalue weighted by molar-refractivity contribution is 0.0947. The number of hydrogen-bond donors (Lipinski definition) is 2. The third kappa shape index (κ3) is 2.91. The Morgan fingerprint density at radius 1 is 1.44 bits per heavy atom. The summed E-state index contributed by atoms with van der Waals surface area (Å²) in [6.45, 7) is 0. The first kappa shape index (κ1) is 13.1. The maximum Gasteiger partial charge on any atom is 0.252 e. The maximum absolute atomic E-state index is 12.0. The Kier molecular flexibility index (Phi) is 3.45. The molecule has 0 bridgehead atoms. The molecule has 0 aliphatic carbocycles. The Morgan fingerprint density at radius 3 is 2.78 bits per heavy atom. The number of nitrogens with one attached hydrogen (secondary N) is 1. The Labute approximate surface area is 113 Å². The Morgan fingerprint density at radius 2 is 2.17 bits per heavy atom. The Bertz CT molecular complexity index is 625. The number of halogens is 1. The number of nitrogen functional groups attached to an aromatic ring is 1. The minimum absolute atomic E-state index is 0.0985. The molecule has 0 saturated carbocycles. The van der Waals surface area contributed by atoms with E-state index < -0.39 is 15.9 Å². The van der Waals surface area contributed by atoms with Crippen LogP contribution in [0.15, 0.2) is 34.2 Å². The van der Waals surface area contributed by atoms with Crippen molar-refractivity contribution in [1.29, 1.82) is 0 Å². The van der Waals surface area contributed by atoms with E-state index in [1.165, 1.54) is 12.1 Å². The highest BCUT2D eigenvalue weighted by atomic mass is 79.9. The standard InChI is InChI=1S/C11H11BrN2O3S/c12-10-2-1-7(13)5-9(10)11(15)14-8-3-4-18(16,17)6-8/h1-5,8H,6,13H2,(H,14,15). The van der Waals surface area contributed by atoms with Crippen LogP contribution in [0.4, 0.5) is 5.69 Å². The zero-order chi connectivity index (χ0) is 13.3. The van der Waals surface area contributed by atoms with Gasteiger partial charge in [-0.2, -0.15) is 0 Å². The molecule has 1 amide bonds. The number of amides is 1. The second-order valence-corrected chi connectivity index (χ2v) is 6.76. The molecule has 0 aromatic heterocycles. The third-order valence-electron chi connectivity index (χ3n) is 2.48. The number of rotatable bonds is 2. The number of nitrogens with two attached hydrogens (primary N) is 1. The number of benzene rings is 1. The van der Waals surface area contributed by atoms with Crippen molar-refractivity contribution in [3.8, 4) is 0 Å². The van der Waals surface area contributed by atoms with Crippen molar-refractivity contribution in [3.05, 3.63) is 39.7 Å². The lowest BCUT2D eigenvalue weighted by atomic mass is 10.2. The van der Waals surface area contributed by atoms with E-state index in [2.05, 4.69) is 21.2 Å². The fourth-order valence-corrected chi connectivity index (χ4v) is 3.29. The van der Waals surface area contributed by atoms with Gasteiger partial charge in [0.05, 0.1) is 17.4 Å². The predicted octanol–water partition coefficient (Wildman–Crippen LogP) is 1.07. The van der Waals surface area contributed by atoms with E-state index in [-0.39, 0.29) is 11.7 Å². The topological polar surface area (TPSA) is 89.3 Å². The molecule has 3 N–H and O–H groups in total. The first-order valence-electron chi connectivity index (χ1n) is 5.14. The summed E-state index contributed by atoms with van der Waals surface area (Å²) in [4.78, 5) is 12.0. The van der Waals surface area contributed by atoms with E-state index in [0.29, 0.717) is 15.7 Å². The molecule has 1 aliphatic heterocycles. The second-order valence-electron chi connectivity index (χ2n) is 3.98. The van der Waals surface area contributed by atoms with Gasteiger partial charge in [0.1, 0.15) is 0 Å². The molecular weight excluding hydrogens is 320 g/mol. The van der Waals surface area contributed by atoms with Gasteiger partial charge in [0.25, 0.3) is 5.91 Å². The van der Waals surface area contributed by atoms with Gasteiger partial charge in [-0.05, 0) is 40.2 Å². The van der Waals surface area contributed by atoms with Gasteiger partial charge in [-0.15, -0.1) is 0 Å². The number of carbonyl (C=O) groups is 1. The van der Waals surface area contributed by atoms with Gasteiger partial charge in [0, 0.05) is 15.6 Å². The largest absolute Gasteiger partial charge is 0.399 e. The Balaban J connectivity index is 2.14. The summed E-state index contributed by atoms with van der Waals surface area (Å²) in [5, 5.41) is 3.75. The average Bonchev–Trinajstić information content (AvgIpc) is 2.61. The van der Waals surface area contributed by atoms with Crippen LogP contribution >= 0.6 is 15.9 Å². The van der Waals surface area contributed by atoms with E-state index in [0.717, 1.165) is 5.41 Å². The molecule has 0 saturated heterocycles. The molecule has 7 heteroatoms. The molecular formula is C11H11BrN2O3S. The number of anilines is 1. The number of sulfone groups is 1. The Hall–Kier alpha value is -1.34. The molecule has 1 atom stereocenters. The summed E-state index contributed by atoms with van der Waals surface area (Å²) in [5.74, 6) is -0.459. The number of hydrogen-bond acceptors (Lipinski definition) is 4. The molecule has 1 aromatic rings. The SMILES string of the molecule is Nc1ccc(Br)c(C(=O)NC2C=CS(=O)(=O)C2)c1. The van der Waals surface area contributed by atoms with Crippen molar-refractivity contribution in [1.82, 2.24) is 5.32 Å². The van der Waals surface area contributed by atoms with Crippen LogP contribution in [0.3, 0.4) is 0 Å². The van der Waals surface area contributed by atoms with Crippen molar-refractivity contribution >= 4 is 37.4 Å². The minimum atomic E-state index is -3.17. The number of carbonyl (C=O) groups excluding carboxylic acids is 1. The smallest absolute Gasteiger partial charge is 0.252 e. The molecule has 1 heterocycles. The molecule has 1 unspecified atom stereocenters. The van der Waals surface area contributed by atoms with Gasteiger partial charge >= 0.3 is 0 Å². The highest BCUT2D eigenvalue weighted by Crippen LogP contribution is 2.20. The van der Waals surface area contributed by atoms with E-state index in [1.54, 1.807) is 12.1 Å². The molecule has 0 spiro atoms.